The Morgan fingerprint density at radius 1 is 1.12 bits per heavy atom. The number of hydrogen-bond acceptors (Lipinski definition) is 4. The fourth-order valence-corrected chi connectivity index (χ4v) is 2.73. The van der Waals surface area contributed by atoms with E-state index >= 15 is 0 Å². The van der Waals surface area contributed by atoms with Crippen LogP contribution >= 0.6 is 35.3 Å². The van der Waals surface area contributed by atoms with Gasteiger partial charge in [0, 0.05) is 30.1 Å². The average molecular weight is 488 g/mol. The molecule has 0 aliphatic rings. The van der Waals surface area contributed by atoms with Crippen LogP contribution < -0.4 is 20.7 Å². The summed E-state index contributed by atoms with van der Waals surface area (Å²) in [6.45, 7) is 4.56. The summed E-state index contributed by atoms with van der Waals surface area (Å²) in [6.07, 6.45) is 0. The first kappa shape index (κ1) is 22.2. The number of carbonyl (C=O) groups excluding carboxylic acids is 1. The first-order valence-corrected chi connectivity index (χ1v) is 9.07. The van der Waals surface area contributed by atoms with Crippen LogP contribution in [0.5, 0.6) is 5.75 Å². The van der Waals surface area contributed by atoms with Gasteiger partial charge >= 0.3 is 0 Å². The highest BCUT2D eigenvalue weighted by molar-refractivity contribution is 14.0. The molecule has 0 fully saturated rings. The van der Waals surface area contributed by atoms with Crippen molar-refractivity contribution in [2.75, 3.05) is 26.7 Å². The number of benzene rings is 1. The first-order valence-electron chi connectivity index (χ1n) is 8.19. The molecular formula is C18H25IN4O2S. The van der Waals surface area contributed by atoms with Gasteiger partial charge in [0.05, 0.1) is 13.7 Å². The Balaban J connectivity index is 0.00000338. The van der Waals surface area contributed by atoms with Gasteiger partial charge in [-0.15, -0.1) is 35.3 Å². The van der Waals surface area contributed by atoms with Crippen LogP contribution in [0.3, 0.4) is 0 Å². The number of methoxy groups -OCH3 is 1. The van der Waals surface area contributed by atoms with Crippen molar-refractivity contribution in [3.63, 3.8) is 0 Å². The molecule has 1 amide bonds. The Hall–Kier alpha value is -1.81. The van der Waals surface area contributed by atoms with Gasteiger partial charge in [-0.25, -0.2) is 4.99 Å². The minimum Gasteiger partial charge on any atom is -0.497 e. The van der Waals surface area contributed by atoms with E-state index in [1.54, 1.807) is 42.7 Å². The quantitative estimate of drug-likeness (QED) is 0.231. The number of guanidine groups is 1. The summed E-state index contributed by atoms with van der Waals surface area (Å²) in [5, 5.41) is 11.3. The lowest BCUT2D eigenvalue weighted by Gasteiger charge is -2.12. The van der Waals surface area contributed by atoms with Crippen molar-refractivity contribution in [2.45, 2.75) is 13.5 Å². The number of thiophene rings is 1. The molecule has 2 aromatic rings. The number of aliphatic imine (C=N–C) groups is 1. The number of halogens is 1. The lowest BCUT2D eigenvalue weighted by atomic mass is 10.2. The van der Waals surface area contributed by atoms with E-state index in [-0.39, 0.29) is 29.9 Å². The van der Waals surface area contributed by atoms with Gasteiger partial charge in [0.25, 0.3) is 5.91 Å². The van der Waals surface area contributed by atoms with Crippen LogP contribution in [0, 0.1) is 0 Å². The van der Waals surface area contributed by atoms with Crippen LogP contribution in [0.1, 0.15) is 22.2 Å². The topological polar surface area (TPSA) is 74.8 Å². The predicted molar refractivity (Wildman–Crippen MR) is 118 cm³/mol. The number of amides is 1. The van der Waals surface area contributed by atoms with E-state index in [9.17, 15) is 4.79 Å². The summed E-state index contributed by atoms with van der Waals surface area (Å²) in [5.41, 5.74) is 0.610. The van der Waals surface area contributed by atoms with Gasteiger partial charge in [0.1, 0.15) is 5.75 Å². The number of ether oxygens (including phenoxy) is 1. The molecule has 2 rings (SSSR count). The number of rotatable bonds is 8. The van der Waals surface area contributed by atoms with Crippen molar-refractivity contribution in [1.29, 1.82) is 0 Å². The lowest BCUT2D eigenvalue weighted by molar-refractivity contribution is 0.0954. The van der Waals surface area contributed by atoms with Crippen LogP contribution in [0.4, 0.5) is 0 Å². The van der Waals surface area contributed by atoms with Gasteiger partial charge < -0.3 is 20.7 Å². The second kappa shape index (κ2) is 12.5. The van der Waals surface area contributed by atoms with Crippen molar-refractivity contribution in [2.24, 2.45) is 4.99 Å². The molecule has 0 atom stereocenters. The second-order valence-electron chi connectivity index (χ2n) is 5.19. The Morgan fingerprint density at radius 2 is 1.85 bits per heavy atom. The van der Waals surface area contributed by atoms with Crippen LogP contribution in [-0.2, 0) is 6.54 Å². The van der Waals surface area contributed by atoms with E-state index in [2.05, 4.69) is 27.0 Å². The average Bonchev–Trinajstić information content (AvgIpc) is 3.16. The smallest absolute Gasteiger partial charge is 0.251 e. The third kappa shape index (κ3) is 7.61. The Labute approximate surface area is 175 Å². The van der Waals surface area contributed by atoms with Crippen LogP contribution in [0.2, 0.25) is 0 Å². The molecule has 1 aromatic heterocycles. The summed E-state index contributed by atoms with van der Waals surface area (Å²) < 4.78 is 5.09. The Kier molecular flexibility index (Phi) is 10.7. The van der Waals surface area contributed by atoms with Gasteiger partial charge in [-0.2, -0.15) is 0 Å². The summed E-state index contributed by atoms with van der Waals surface area (Å²) >= 11 is 1.69. The molecule has 0 saturated heterocycles. The maximum Gasteiger partial charge on any atom is 0.251 e. The summed E-state index contributed by atoms with van der Waals surface area (Å²) in [6, 6.07) is 11.1. The molecule has 6 nitrogen and oxygen atoms in total. The monoisotopic (exact) mass is 488 g/mol. The third-order valence-corrected chi connectivity index (χ3v) is 4.23. The summed E-state index contributed by atoms with van der Waals surface area (Å²) in [5.74, 6) is 1.37. The van der Waals surface area contributed by atoms with E-state index in [0.717, 1.165) is 18.3 Å². The maximum absolute atomic E-state index is 12.1. The zero-order valence-electron chi connectivity index (χ0n) is 15.0. The number of nitrogens with one attached hydrogen (secondary N) is 3. The van der Waals surface area contributed by atoms with Crippen molar-refractivity contribution < 1.29 is 9.53 Å². The van der Waals surface area contributed by atoms with Crippen molar-refractivity contribution in [3.8, 4) is 5.75 Å². The van der Waals surface area contributed by atoms with E-state index < -0.39 is 0 Å². The standard InChI is InChI=1S/C18H24N4O2S.HI/c1-3-19-18(22-13-16-5-4-12-25-16)21-11-10-20-17(23)14-6-8-15(24-2)9-7-14;/h4-9,12H,3,10-11,13H2,1-2H3,(H,20,23)(H2,19,21,22);1H. The highest BCUT2D eigenvalue weighted by Crippen LogP contribution is 2.11. The second-order valence-corrected chi connectivity index (χ2v) is 6.22. The predicted octanol–water partition coefficient (Wildman–Crippen LogP) is 2.86. The molecule has 0 aliphatic heterocycles. The van der Waals surface area contributed by atoms with Gasteiger partial charge in [0.15, 0.2) is 5.96 Å². The number of carbonyl (C=O) groups is 1. The Morgan fingerprint density at radius 3 is 2.46 bits per heavy atom. The van der Waals surface area contributed by atoms with Crippen LogP contribution in [0.25, 0.3) is 0 Å². The highest BCUT2D eigenvalue weighted by Gasteiger charge is 2.05. The third-order valence-electron chi connectivity index (χ3n) is 3.37. The minimum atomic E-state index is -0.107. The molecule has 0 saturated carbocycles. The normalized spacial score (nSPS) is 10.6. The molecule has 1 aromatic carbocycles. The summed E-state index contributed by atoms with van der Waals surface area (Å²) in [7, 11) is 1.60. The van der Waals surface area contributed by atoms with Crippen molar-refractivity contribution >= 4 is 47.2 Å². The van der Waals surface area contributed by atoms with Gasteiger partial charge in [-0.1, -0.05) is 6.07 Å². The zero-order chi connectivity index (χ0) is 17.9. The van der Waals surface area contributed by atoms with E-state index in [0.29, 0.717) is 25.2 Å². The van der Waals surface area contributed by atoms with Crippen LogP contribution in [-0.4, -0.2) is 38.6 Å². The van der Waals surface area contributed by atoms with Gasteiger partial charge in [0.2, 0.25) is 0 Å². The minimum absolute atomic E-state index is 0. The molecule has 8 heteroatoms. The zero-order valence-corrected chi connectivity index (χ0v) is 18.1. The van der Waals surface area contributed by atoms with Gasteiger partial charge in [-0.05, 0) is 42.6 Å². The van der Waals surface area contributed by atoms with Crippen molar-refractivity contribution in [3.05, 3.63) is 52.2 Å². The molecule has 0 radical (unpaired) electrons. The number of nitrogens with zero attached hydrogens (tertiary/aromatic N) is 1. The molecule has 26 heavy (non-hydrogen) atoms. The fourth-order valence-electron chi connectivity index (χ4n) is 2.10. The van der Waals surface area contributed by atoms with E-state index in [1.807, 2.05) is 18.4 Å². The molecular weight excluding hydrogens is 463 g/mol. The highest BCUT2D eigenvalue weighted by atomic mass is 127. The van der Waals surface area contributed by atoms with E-state index in [4.69, 9.17) is 4.74 Å². The van der Waals surface area contributed by atoms with Crippen LogP contribution in [0.15, 0.2) is 46.8 Å². The van der Waals surface area contributed by atoms with Gasteiger partial charge in [-0.3, -0.25) is 4.79 Å². The molecule has 142 valence electrons. The lowest BCUT2D eigenvalue weighted by Crippen LogP contribution is -2.41. The SMILES string of the molecule is CCNC(=NCc1cccs1)NCCNC(=O)c1ccc(OC)cc1.I. The van der Waals surface area contributed by atoms with E-state index in [1.165, 1.54) is 4.88 Å². The Bertz CT molecular complexity index is 675. The molecule has 0 spiro atoms. The van der Waals surface area contributed by atoms with Crippen molar-refractivity contribution in [1.82, 2.24) is 16.0 Å². The fraction of sp³-hybridized carbons (Fsp3) is 0.333. The molecule has 0 aliphatic carbocycles. The molecule has 1 heterocycles. The first-order chi connectivity index (χ1) is 12.2. The molecule has 0 bridgehead atoms. The summed E-state index contributed by atoms with van der Waals surface area (Å²) in [4.78, 5) is 17.8. The molecule has 0 unspecified atom stereocenters. The largest absolute Gasteiger partial charge is 0.497 e. The number of hydrogen-bond donors (Lipinski definition) is 3. The maximum atomic E-state index is 12.1. The molecule has 3 N–H and O–H groups in total.